The predicted molar refractivity (Wildman–Crippen MR) is 86.2 cm³/mol. The van der Waals surface area contributed by atoms with Gasteiger partial charge in [0.15, 0.2) is 9.84 Å². The lowest BCUT2D eigenvalue weighted by Gasteiger charge is -2.33. The molecule has 0 spiro atoms. The molecule has 1 aromatic rings. The lowest BCUT2D eigenvalue weighted by Crippen LogP contribution is -2.48. The third-order valence-electron chi connectivity index (χ3n) is 4.25. The second kappa shape index (κ2) is 5.95. The molecule has 0 amide bonds. The van der Waals surface area contributed by atoms with E-state index in [2.05, 4.69) is 0 Å². The third kappa shape index (κ3) is 3.31. The molecule has 0 bridgehead atoms. The van der Waals surface area contributed by atoms with Crippen molar-refractivity contribution in [1.82, 2.24) is 4.31 Å². The Balaban J connectivity index is 2.46. The molecule has 1 aromatic carbocycles. The molecule has 1 aliphatic heterocycles. The fourth-order valence-corrected chi connectivity index (χ4v) is 6.60. The Hall–Kier alpha value is -1.32. The summed E-state index contributed by atoms with van der Waals surface area (Å²) in [6.45, 7) is 1.64. The van der Waals surface area contributed by atoms with Crippen LogP contribution in [0.4, 0.5) is 0 Å². The first-order valence-electron chi connectivity index (χ1n) is 6.97. The van der Waals surface area contributed by atoms with E-state index in [0.29, 0.717) is 5.75 Å². The molecule has 0 aromatic heterocycles. The van der Waals surface area contributed by atoms with E-state index in [4.69, 9.17) is 9.47 Å². The van der Waals surface area contributed by atoms with E-state index < -0.39 is 25.4 Å². The van der Waals surface area contributed by atoms with Crippen LogP contribution in [-0.4, -0.2) is 59.5 Å². The van der Waals surface area contributed by atoms with Crippen LogP contribution in [0.2, 0.25) is 0 Å². The molecule has 0 unspecified atom stereocenters. The topological polar surface area (TPSA) is 90.0 Å². The average molecular weight is 363 g/mol. The molecule has 7 nitrogen and oxygen atoms in total. The summed E-state index contributed by atoms with van der Waals surface area (Å²) < 4.78 is 60.7. The van der Waals surface area contributed by atoms with E-state index in [-0.39, 0.29) is 28.6 Å². The Morgan fingerprint density at radius 2 is 1.87 bits per heavy atom. The van der Waals surface area contributed by atoms with E-state index in [9.17, 15) is 16.8 Å². The number of hydrogen-bond donors (Lipinski definition) is 0. The fraction of sp³-hybridized carbons (Fsp3) is 0.571. The Bertz CT molecular complexity index is 803. The quantitative estimate of drug-likeness (QED) is 0.772. The smallest absolute Gasteiger partial charge is 0.247 e. The Kier molecular flexibility index (Phi) is 4.67. The first-order valence-corrected chi connectivity index (χ1v) is 10.2. The summed E-state index contributed by atoms with van der Waals surface area (Å²) in [5.74, 6) is 0.427. The number of methoxy groups -OCH3 is 2. The van der Waals surface area contributed by atoms with Gasteiger partial charge in [-0.3, -0.25) is 0 Å². The number of rotatable bonds is 5. The molecule has 23 heavy (non-hydrogen) atoms. The van der Waals surface area contributed by atoms with Gasteiger partial charge in [-0.15, -0.1) is 0 Å². The van der Waals surface area contributed by atoms with Crippen LogP contribution in [0.15, 0.2) is 23.1 Å². The van der Waals surface area contributed by atoms with E-state index >= 15 is 0 Å². The highest BCUT2D eigenvalue weighted by atomic mass is 32.2. The summed E-state index contributed by atoms with van der Waals surface area (Å²) in [4.78, 5) is -0.0196. The monoisotopic (exact) mass is 363 g/mol. The summed E-state index contributed by atoms with van der Waals surface area (Å²) in [6.07, 6.45) is 0.267. The first-order chi connectivity index (χ1) is 10.6. The third-order valence-corrected chi connectivity index (χ3v) is 8.19. The first kappa shape index (κ1) is 18.0. The molecular weight excluding hydrogens is 342 g/mol. The SMILES string of the molecule is COc1ccc(S(=O)(=O)N(C)[C@]2(C)CCS(=O)(=O)C2)c(OC)c1. The van der Waals surface area contributed by atoms with Crippen molar-refractivity contribution in [2.24, 2.45) is 0 Å². The predicted octanol–water partition coefficient (Wildman–Crippen LogP) is 0.901. The maximum Gasteiger partial charge on any atom is 0.247 e. The van der Waals surface area contributed by atoms with Crippen molar-refractivity contribution in [2.45, 2.75) is 23.8 Å². The average Bonchev–Trinajstić information content (AvgIpc) is 2.80. The second-order valence-corrected chi connectivity index (χ2v) is 9.95. The number of sulfone groups is 1. The Morgan fingerprint density at radius 1 is 1.22 bits per heavy atom. The Labute approximate surface area is 137 Å². The molecule has 1 fully saturated rings. The van der Waals surface area contributed by atoms with Gasteiger partial charge in [0, 0.05) is 18.7 Å². The molecule has 1 heterocycles. The molecule has 1 atom stereocenters. The van der Waals surface area contributed by atoms with Gasteiger partial charge in [-0.2, -0.15) is 4.31 Å². The van der Waals surface area contributed by atoms with Gasteiger partial charge >= 0.3 is 0 Å². The van der Waals surface area contributed by atoms with Crippen LogP contribution in [0.5, 0.6) is 11.5 Å². The highest BCUT2D eigenvalue weighted by Crippen LogP contribution is 2.36. The van der Waals surface area contributed by atoms with Gasteiger partial charge in [0.05, 0.1) is 25.7 Å². The van der Waals surface area contributed by atoms with Crippen LogP contribution in [0.1, 0.15) is 13.3 Å². The van der Waals surface area contributed by atoms with Crippen molar-refractivity contribution in [3.05, 3.63) is 18.2 Å². The van der Waals surface area contributed by atoms with Gasteiger partial charge in [0.25, 0.3) is 0 Å². The van der Waals surface area contributed by atoms with Crippen LogP contribution >= 0.6 is 0 Å². The minimum absolute atomic E-state index is 0.0108. The molecule has 1 saturated heterocycles. The van der Waals surface area contributed by atoms with E-state index in [0.717, 1.165) is 4.31 Å². The highest BCUT2D eigenvalue weighted by molar-refractivity contribution is 7.92. The molecule has 130 valence electrons. The number of ether oxygens (including phenoxy) is 2. The van der Waals surface area contributed by atoms with Gasteiger partial charge in [0.1, 0.15) is 16.4 Å². The van der Waals surface area contributed by atoms with Crippen LogP contribution < -0.4 is 9.47 Å². The van der Waals surface area contributed by atoms with Crippen LogP contribution in [-0.2, 0) is 19.9 Å². The number of hydrogen-bond acceptors (Lipinski definition) is 6. The number of benzene rings is 1. The molecule has 9 heteroatoms. The maximum atomic E-state index is 12.9. The molecule has 0 aliphatic carbocycles. The standard InChI is InChI=1S/C14H21NO6S2/c1-14(7-8-22(16,17)10-14)15(2)23(18,19)13-6-5-11(20-3)9-12(13)21-4/h5-6,9H,7-8,10H2,1-4H3/t14-/m1/s1. The van der Waals surface area contributed by atoms with Gasteiger partial charge in [-0.25, -0.2) is 16.8 Å². The number of sulfonamides is 1. The van der Waals surface area contributed by atoms with Crippen molar-refractivity contribution in [3.63, 3.8) is 0 Å². The second-order valence-electron chi connectivity index (χ2n) is 5.83. The van der Waals surface area contributed by atoms with Crippen LogP contribution in [0.25, 0.3) is 0 Å². The zero-order valence-corrected chi connectivity index (χ0v) is 15.2. The van der Waals surface area contributed by atoms with Gasteiger partial charge in [0.2, 0.25) is 10.0 Å². The summed E-state index contributed by atoms with van der Waals surface area (Å²) in [6, 6.07) is 4.40. The molecule has 0 saturated carbocycles. The van der Waals surface area contributed by atoms with E-state index in [1.165, 1.54) is 39.5 Å². The largest absolute Gasteiger partial charge is 0.497 e. The molecule has 2 rings (SSSR count). The van der Waals surface area contributed by atoms with Crippen molar-refractivity contribution < 1.29 is 26.3 Å². The Morgan fingerprint density at radius 3 is 2.35 bits per heavy atom. The summed E-state index contributed by atoms with van der Waals surface area (Å²) in [7, 11) is -2.89. The van der Waals surface area contributed by atoms with E-state index in [1.807, 2.05) is 0 Å². The van der Waals surface area contributed by atoms with Gasteiger partial charge < -0.3 is 9.47 Å². The minimum atomic E-state index is -3.91. The van der Waals surface area contributed by atoms with E-state index in [1.54, 1.807) is 6.92 Å². The van der Waals surface area contributed by atoms with Gasteiger partial charge in [-0.05, 0) is 25.5 Å². The summed E-state index contributed by atoms with van der Waals surface area (Å²) in [5, 5.41) is 0. The maximum absolute atomic E-state index is 12.9. The van der Waals surface area contributed by atoms with Crippen molar-refractivity contribution in [2.75, 3.05) is 32.8 Å². The summed E-state index contributed by atoms with van der Waals surface area (Å²) in [5.41, 5.74) is -0.970. The van der Waals surface area contributed by atoms with Crippen molar-refractivity contribution in [1.29, 1.82) is 0 Å². The lowest BCUT2D eigenvalue weighted by atomic mass is 10.0. The van der Waals surface area contributed by atoms with Gasteiger partial charge in [-0.1, -0.05) is 0 Å². The van der Waals surface area contributed by atoms with Crippen LogP contribution in [0, 0.1) is 0 Å². The zero-order chi connectivity index (χ0) is 17.5. The molecule has 0 N–H and O–H groups in total. The highest BCUT2D eigenvalue weighted by Gasteiger charge is 2.46. The zero-order valence-electron chi connectivity index (χ0n) is 13.6. The van der Waals surface area contributed by atoms with Crippen molar-refractivity contribution >= 4 is 19.9 Å². The normalized spacial score (nSPS) is 23.9. The number of nitrogens with zero attached hydrogens (tertiary/aromatic N) is 1. The summed E-state index contributed by atoms with van der Waals surface area (Å²) >= 11 is 0. The minimum Gasteiger partial charge on any atom is -0.497 e. The molecular formula is C14H21NO6S2. The molecule has 0 radical (unpaired) electrons. The van der Waals surface area contributed by atoms with Crippen molar-refractivity contribution in [3.8, 4) is 11.5 Å². The molecule has 1 aliphatic rings. The lowest BCUT2D eigenvalue weighted by molar-refractivity contribution is 0.271. The van der Waals surface area contributed by atoms with Crippen LogP contribution in [0.3, 0.4) is 0 Å². The fourth-order valence-electron chi connectivity index (χ4n) is 2.67.